The maximum Gasteiger partial charge on any atom is 0.341 e. The molecule has 0 aliphatic heterocycles. The predicted molar refractivity (Wildman–Crippen MR) is 70.8 cm³/mol. The van der Waals surface area contributed by atoms with Crippen molar-refractivity contribution >= 4 is 15.8 Å². The highest BCUT2D eigenvalue weighted by atomic mass is 32.2. The van der Waals surface area contributed by atoms with Crippen LogP contribution < -0.4 is 4.74 Å². The number of carboxylic acid groups (broad SMARTS) is 1. The molecule has 0 saturated heterocycles. The number of carboxylic acids is 1. The molecule has 0 aliphatic carbocycles. The molecule has 1 aromatic carbocycles. The van der Waals surface area contributed by atoms with E-state index < -0.39 is 15.8 Å². The second-order valence-corrected chi connectivity index (χ2v) is 6.03. The highest BCUT2D eigenvalue weighted by Crippen LogP contribution is 2.25. The Kier molecular flexibility index (Phi) is 3.71. The summed E-state index contributed by atoms with van der Waals surface area (Å²) in [6.45, 7) is 0. The van der Waals surface area contributed by atoms with Gasteiger partial charge in [0, 0.05) is 12.5 Å². The van der Waals surface area contributed by atoms with Gasteiger partial charge in [0.25, 0.3) is 0 Å². The number of rotatable bonds is 4. The van der Waals surface area contributed by atoms with E-state index in [-0.39, 0.29) is 22.1 Å². The molecule has 0 fully saturated rings. The Morgan fingerprint density at radius 1 is 1.25 bits per heavy atom. The van der Waals surface area contributed by atoms with Crippen LogP contribution >= 0.6 is 0 Å². The summed E-state index contributed by atoms with van der Waals surface area (Å²) < 4.78 is 28.2. The van der Waals surface area contributed by atoms with Crippen molar-refractivity contribution in [2.45, 2.75) is 4.90 Å². The maximum absolute atomic E-state index is 11.4. The molecule has 20 heavy (non-hydrogen) atoms. The van der Waals surface area contributed by atoms with Crippen molar-refractivity contribution in [1.29, 1.82) is 0 Å². The lowest BCUT2D eigenvalue weighted by Crippen LogP contribution is -2.02. The van der Waals surface area contributed by atoms with Gasteiger partial charge in [-0.1, -0.05) is 6.07 Å². The summed E-state index contributed by atoms with van der Waals surface area (Å²) in [4.78, 5) is 14.9. The van der Waals surface area contributed by atoms with Crippen molar-refractivity contribution in [3.05, 3.63) is 48.2 Å². The molecule has 0 bridgehead atoms. The summed E-state index contributed by atoms with van der Waals surface area (Å²) in [6.07, 6.45) is 2.47. The van der Waals surface area contributed by atoms with Crippen molar-refractivity contribution in [3.63, 3.8) is 0 Å². The first-order valence-electron chi connectivity index (χ1n) is 5.54. The summed E-state index contributed by atoms with van der Waals surface area (Å²) >= 11 is 0. The van der Waals surface area contributed by atoms with Crippen LogP contribution in [-0.4, -0.2) is 30.7 Å². The summed E-state index contributed by atoms with van der Waals surface area (Å²) in [7, 11) is -3.36. The van der Waals surface area contributed by atoms with E-state index in [0.29, 0.717) is 0 Å². The van der Waals surface area contributed by atoms with Crippen molar-refractivity contribution in [1.82, 2.24) is 4.98 Å². The van der Waals surface area contributed by atoms with Gasteiger partial charge >= 0.3 is 5.97 Å². The summed E-state index contributed by atoms with van der Waals surface area (Å²) in [5.74, 6) is -1.06. The molecule has 1 aromatic heterocycles. The van der Waals surface area contributed by atoms with E-state index in [1.807, 2.05) is 0 Å². The first-order chi connectivity index (χ1) is 9.38. The van der Waals surface area contributed by atoms with Crippen molar-refractivity contribution < 1.29 is 23.1 Å². The minimum Gasteiger partial charge on any atom is -0.477 e. The molecule has 6 nitrogen and oxygen atoms in total. The molecule has 2 rings (SSSR count). The first kappa shape index (κ1) is 14.0. The number of hydrogen-bond donors (Lipinski definition) is 1. The van der Waals surface area contributed by atoms with Gasteiger partial charge in [-0.15, -0.1) is 0 Å². The summed E-state index contributed by atoms with van der Waals surface area (Å²) in [5, 5.41) is 9.01. The number of sulfone groups is 1. The number of hydrogen-bond acceptors (Lipinski definition) is 5. The monoisotopic (exact) mass is 293 g/mol. The van der Waals surface area contributed by atoms with Crippen molar-refractivity contribution in [2.24, 2.45) is 0 Å². The molecule has 1 N–H and O–H groups in total. The second-order valence-electron chi connectivity index (χ2n) is 4.01. The Balaban J connectivity index is 2.39. The van der Waals surface area contributed by atoms with Gasteiger partial charge in [-0.3, -0.25) is 0 Å². The second kappa shape index (κ2) is 5.30. The fourth-order valence-electron chi connectivity index (χ4n) is 1.51. The Morgan fingerprint density at radius 3 is 2.65 bits per heavy atom. The van der Waals surface area contributed by atoms with Gasteiger partial charge in [-0.05, 0) is 30.3 Å². The zero-order valence-electron chi connectivity index (χ0n) is 10.5. The highest BCUT2D eigenvalue weighted by Gasteiger charge is 2.14. The maximum atomic E-state index is 11.4. The molecule has 0 radical (unpaired) electrons. The number of pyridine rings is 1. The van der Waals surface area contributed by atoms with Crippen LogP contribution in [0.1, 0.15) is 10.4 Å². The molecule has 0 unspecified atom stereocenters. The molecule has 0 aliphatic rings. The normalized spacial score (nSPS) is 11.1. The minimum absolute atomic E-state index is 0.0859. The molecule has 1 heterocycles. The van der Waals surface area contributed by atoms with Gasteiger partial charge < -0.3 is 9.84 Å². The van der Waals surface area contributed by atoms with Crippen LogP contribution in [0.4, 0.5) is 0 Å². The Labute approximate surface area is 115 Å². The van der Waals surface area contributed by atoms with Crippen LogP contribution in [0.15, 0.2) is 47.5 Å². The van der Waals surface area contributed by atoms with Crippen LogP contribution in [0.25, 0.3) is 0 Å². The molecular formula is C13H11NO5S. The lowest BCUT2D eigenvalue weighted by atomic mass is 10.3. The number of ether oxygens (including phenoxy) is 1. The molecule has 7 heteroatoms. The van der Waals surface area contributed by atoms with Gasteiger partial charge in [0.2, 0.25) is 5.88 Å². The lowest BCUT2D eigenvalue weighted by Gasteiger charge is -2.08. The molecule has 0 atom stereocenters. The molecular weight excluding hydrogens is 282 g/mol. The van der Waals surface area contributed by atoms with Gasteiger partial charge in [0.15, 0.2) is 9.84 Å². The van der Waals surface area contributed by atoms with E-state index in [4.69, 9.17) is 9.84 Å². The van der Waals surface area contributed by atoms with Crippen LogP contribution in [0, 0.1) is 0 Å². The number of nitrogens with zero attached hydrogens (tertiary/aromatic N) is 1. The summed E-state index contributed by atoms with van der Waals surface area (Å²) in [5.41, 5.74) is -0.0998. The zero-order valence-corrected chi connectivity index (χ0v) is 11.3. The minimum atomic E-state index is -3.36. The standard InChI is InChI=1S/C13H11NO5S/c1-20(17,18)10-5-2-4-9(8-10)19-12-11(13(15)16)6-3-7-14-12/h2-8H,1H3,(H,15,16). The van der Waals surface area contributed by atoms with E-state index >= 15 is 0 Å². The highest BCUT2D eigenvalue weighted by molar-refractivity contribution is 7.90. The molecule has 0 saturated carbocycles. The van der Waals surface area contributed by atoms with Gasteiger partial charge in [0.1, 0.15) is 11.3 Å². The van der Waals surface area contributed by atoms with Crippen LogP contribution in [-0.2, 0) is 9.84 Å². The van der Waals surface area contributed by atoms with Crippen LogP contribution in [0.2, 0.25) is 0 Å². The summed E-state index contributed by atoms with van der Waals surface area (Å²) in [6, 6.07) is 8.60. The number of aromatic nitrogens is 1. The molecule has 104 valence electrons. The van der Waals surface area contributed by atoms with E-state index in [2.05, 4.69) is 4.98 Å². The van der Waals surface area contributed by atoms with Crippen LogP contribution in [0.3, 0.4) is 0 Å². The van der Waals surface area contributed by atoms with E-state index in [1.54, 1.807) is 0 Å². The third kappa shape index (κ3) is 3.12. The average molecular weight is 293 g/mol. The van der Waals surface area contributed by atoms with Crippen molar-refractivity contribution in [3.8, 4) is 11.6 Å². The molecule has 2 aromatic rings. The Bertz CT molecular complexity index is 755. The fraction of sp³-hybridized carbons (Fsp3) is 0.0769. The quantitative estimate of drug-likeness (QED) is 0.926. The predicted octanol–water partition coefficient (Wildman–Crippen LogP) is 1.98. The SMILES string of the molecule is CS(=O)(=O)c1cccc(Oc2ncccc2C(=O)O)c1. The first-order valence-corrected chi connectivity index (χ1v) is 7.43. The topological polar surface area (TPSA) is 93.6 Å². The molecule has 0 spiro atoms. The average Bonchev–Trinajstić information content (AvgIpc) is 2.38. The third-order valence-electron chi connectivity index (χ3n) is 2.45. The van der Waals surface area contributed by atoms with E-state index in [1.165, 1.54) is 42.6 Å². The van der Waals surface area contributed by atoms with Crippen molar-refractivity contribution in [2.75, 3.05) is 6.26 Å². The largest absolute Gasteiger partial charge is 0.477 e. The van der Waals surface area contributed by atoms with Gasteiger partial charge in [0.05, 0.1) is 4.90 Å². The Hall–Kier alpha value is -2.41. The van der Waals surface area contributed by atoms with Crippen LogP contribution in [0.5, 0.6) is 11.6 Å². The van der Waals surface area contributed by atoms with E-state index in [0.717, 1.165) is 6.26 Å². The lowest BCUT2D eigenvalue weighted by molar-refractivity contribution is 0.0693. The smallest absolute Gasteiger partial charge is 0.341 e. The fourth-order valence-corrected chi connectivity index (χ4v) is 2.17. The third-order valence-corrected chi connectivity index (χ3v) is 3.56. The number of aromatic carboxylic acids is 1. The number of carbonyl (C=O) groups is 1. The van der Waals surface area contributed by atoms with Gasteiger partial charge in [-0.25, -0.2) is 18.2 Å². The number of benzene rings is 1. The Morgan fingerprint density at radius 2 is 2.00 bits per heavy atom. The zero-order chi connectivity index (χ0) is 14.8. The van der Waals surface area contributed by atoms with E-state index in [9.17, 15) is 13.2 Å². The van der Waals surface area contributed by atoms with Gasteiger partial charge in [-0.2, -0.15) is 0 Å². The molecule has 0 amide bonds.